The third-order valence-electron chi connectivity index (χ3n) is 1.73. The molecular formula is C11H20O6. The molecule has 6 nitrogen and oxygen atoms in total. The Kier molecular flexibility index (Phi) is 8.91. The van der Waals surface area contributed by atoms with Gasteiger partial charge in [-0.3, -0.25) is 0 Å². The van der Waals surface area contributed by atoms with Gasteiger partial charge in [0.05, 0.1) is 19.8 Å². The number of hydrogen-bond acceptors (Lipinski definition) is 6. The lowest BCUT2D eigenvalue weighted by Gasteiger charge is -2.12. The molecule has 0 N–H and O–H groups in total. The van der Waals surface area contributed by atoms with Gasteiger partial charge in [-0.2, -0.15) is 0 Å². The summed E-state index contributed by atoms with van der Waals surface area (Å²) in [7, 11) is 0. The van der Waals surface area contributed by atoms with Crippen molar-refractivity contribution in [3.63, 3.8) is 0 Å². The van der Waals surface area contributed by atoms with Crippen LogP contribution >= 0.6 is 0 Å². The van der Waals surface area contributed by atoms with E-state index in [0.717, 1.165) is 6.42 Å². The monoisotopic (exact) mass is 248 g/mol. The van der Waals surface area contributed by atoms with Crippen LogP contribution in [0, 0.1) is 0 Å². The highest BCUT2D eigenvalue weighted by atomic mass is 16.7. The maximum atomic E-state index is 10.9. The summed E-state index contributed by atoms with van der Waals surface area (Å²) in [5, 5.41) is 0. The molecule has 1 unspecified atom stereocenters. The minimum atomic E-state index is -0.714. The molecule has 0 heterocycles. The molecule has 6 heteroatoms. The Hall–Kier alpha value is -1.46. The van der Waals surface area contributed by atoms with E-state index in [1.807, 2.05) is 6.92 Å². The smallest absolute Gasteiger partial charge is 0.435 e. The molecule has 0 aliphatic heterocycles. The average Bonchev–Trinajstić information content (AvgIpc) is 2.26. The van der Waals surface area contributed by atoms with Crippen molar-refractivity contribution < 1.29 is 28.5 Å². The lowest BCUT2D eigenvalue weighted by atomic mass is 10.3. The maximum Gasteiger partial charge on any atom is 0.508 e. The number of rotatable bonds is 7. The van der Waals surface area contributed by atoms with E-state index in [0.29, 0.717) is 13.0 Å². The van der Waals surface area contributed by atoms with Crippen molar-refractivity contribution in [3.8, 4) is 0 Å². The van der Waals surface area contributed by atoms with Crippen molar-refractivity contribution in [2.75, 3.05) is 19.8 Å². The van der Waals surface area contributed by atoms with Crippen LogP contribution in [0.3, 0.4) is 0 Å². The van der Waals surface area contributed by atoms with Crippen LogP contribution in [0.2, 0.25) is 0 Å². The van der Waals surface area contributed by atoms with Gasteiger partial charge in [-0.15, -0.1) is 0 Å². The van der Waals surface area contributed by atoms with E-state index in [9.17, 15) is 9.59 Å². The van der Waals surface area contributed by atoms with Crippen LogP contribution in [0.4, 0.5) is 9.59 Å². The molecule has 0 saturated carbocycles. The summed E-state index contributed by atoms with van der Waals surface area (Å²) in [6, 6.07) is 0. The fourth-order valence-electron chi connectivity index (χ4n) is 0.910. The van der Waals surface area contributed by atoms with Crippen molar-refractivity contribution in [1.29, 1.82) is 0 Å². The van der Waals surface area contributed by atoms with Crippen LogP contribution in [0.5, 0.6) is 0 Å². The molecule has 0 aliphatic carbocycles. The number of ether oxygens (including phenoxy) is 4. The zero-order valence-corrected chi connectivity index (χ0v) is 10.6. The van der Waals surface area contributed by atoms with Crippen LogP contribution in [-0.4, -0.2) is 38.2 Å². The van der Waals surface area contributed by atoms with Crippen molar-refractivity contribution >= 4 is 12.3 Å². The molecule has 0 fully saturated rings. The zero-order valence-electron chi connectivity index (χ0n) is 10.6. The van der Waals surface area contributed by atoms with Crippen LogP contribution in [0.15, 0.2) is 0 Å². The van der Waals surface area contributed by atoms with Crippen molar-refractivity contribution in [2.24, 2.45) is 0 Å². The van der Waals surface area contributed by atoms with E-state index in [1.165, 1.54) is 0 Å². The highest BCUT2D eigenvalue weighted by Gasteiger charge is 2.11. The van der Waals surface area contributed by atoms with E-state index in [1.54, 1.807) is 13.8 Å². The van der Waals surface area contributed by atoms with Gasteiger partial charge >= 0.3 is 12.3 Å². The first-order valence-corrected chi connectivity index (χ1v) is 5.73. The minimum absolute atomic E-state index is 0.142. The summed E-state index contributed by atoms with van der Waals surface area (Å²) in [6.07, 6.45) is -0.630. The normalized spacial score (nSPS) is 11.5. The fraction of sp³-hybridized carbons (Fsp3) is 0.818. The Labute approximate surface area is 101 Å². The van der Waals surface area contributed by atoms with Gasteiger partial charge in [0.1, 0.15) is 6.10 Å². The lowest BCUT2D eigenvalue weighted by molar-refractivity contribution is 0.0149. The molecule has 0 rings (SSSR count). The van der Waals surface area contributed by atoms with Gasteiger partial charge in [0.15, 0.2) is 0 Å². The number of carbonyl (C=O) groups excluding carboxylic acids is 2. The standard InChI is InChI=1S/C11H20O6/c1-4-7-15-10(12)16-8-6-9(3)17-11(13)14-5-2/h9H,4-8H2,1-3H3. The van der Waals surface area contributed by atoms with E-state index >= 15 is 0 Å². The second kappa shape index (κ2) is 9.74. The van der Waals surface area contributed by atoms with Gasteiger partial charge in [0.25, 0.3) is 0 Å². The maximum absolute atomic E-state index is 10.9. The van der Waals surface area contributed by atoms with Gasteiger partial charge in [0.2, 0.25) is 0 Å². The van der Waals surface area contributed by atoms with Gasteiger partial charge in [-0.05, 0) is 20.3 Å². The highest BCUT2D eigenvalue weighted by molar-refractivity contribution is 5.60. The van der Waals surface area contributed by atoms with Crippen LogP contribution in [-0.2, 0) is 18.9 Å². The molecule has 0 spiro atoms. The molecule has 1 atom stereocenters. The Morgan fingerprint density at radius 2 is 1.65 bits per heavy atom. The lowest BCUT2D eigenvalue weighted by Crippen LogP contribution is -2.19. The Balaban J connectivity index is 3.53. The van der Waals surface area contributed by atoms with Gasteiger partial charge < -0.3 is 18.9 Å². The Bertz CT molecular complexity index is 228. The molecular weight excluding hydrogens is 228 g/mol. The molecule has 0 aromatic heterocycles. The SMILES string of the molecule is CCCOC(=O)OCCC(C)OC(=O)OCC. The summed E-state index contributed by atoms with van der Waals surface area (Å²) < 4.78 is 18.9. The molecule has 100 valence electrons. The Morgan fingerprint density at radius 3 is 2.24 bits per heavy atom. The summed E-state index contributed by atoms with van der Waals surface area (Å²) in [5.74, 6) is 0. The van der Waals surface area contributed by atoms with E-state index in [-0.39, 0.29) is 19.3 Å². The van der Waals surface area contributed by atoms with Gasteiger partial charge in [-0.1, -0.05) is 6.92 Å². The van der Waals surface area contributed by atoms with Crippen LogP contribution in [0.1, 0.15) is 33.6 Å². The summed E-state index contributed by atoms with van der Waals surface area (Å²) in [5.41, 5.74) is 0. The molecule has 0 aromatic carbocycles. The predicted octanol–water partition coefficient (Wildman–Crippen LogP) is 2.50. The summed E-state index contributed by atoms with van der Waals surface area (Å²) >= 11 is 0. The quantitative estimate of drug-likeness (QED) is 0.644. The molecule has 0 aromatic rings. The third-order valence-corrected chi connectivity index (χ3v) is 1.73. The van der Waals surface area contributed by atoms with Gasteiger partial charge in [0, 0.05) is 6.42 Å². The molecule has 0 amide bonds. The number of hydrogen-bond donors (Lipinski definition) is 0. The van der Waals surface area contributed by atoms with E-state index in [4.69, 9.17) is 14.2 Å². The third kappa shape index (κ3) is 9.47. The summed E-state index contributed by atoms with van der Waals surface area (Å²) in [4.78, 5) is 21.8. The number of carbonyl (C=O) groups is 2. The largest absolute Gasteiger partial charge is 0.508 e. The molecule has 0 saturated heterocycles. The van der Waals surface area contributed by atoms with Gasteiger partial charge in [-0.25, -0.2) is 9.59 Å². The first kappa shape index (κ1) is 15.5. The fourth-order valence-corrected chi connectivity index (χ4v) is 0.910. The van der Waals surface area contributed by atoms with Crippen molar-refractivity contribution in [1.82, 2.24) is 0 Å². The van der Waals surface area contributed by atoms with E-state index in [2.05, 4.69) is 4.74 Å². The zero-order chi connectivity index (χ0) is 13.1. The molecule has 17 heavy (non-hydrogen) atoms. The highest BCUT2D eigenvalue weighted by Crippen LogP contribution is 2.01. The molecule has 0 radical (unpaired) electrons. The molecule has 0 aliphatic rings. The van der Waals surface area contributed by atoms with Crippen LogP contribution in [0.25, 0.3) is 0 Å². The molecule has 0 bridgehead atoms. The van der Waals surface area contributed by atoms with E-state index < -0.39 is 12.3 Å². The minimum Gasteiger partial charge on any atom is -0.435 e. The predicted molar refractivity (Wildman–Crippen MR) is 59.8 cm³/mol. The van der Waals surface area contributed by atoms with Crippen molar-refractivity contribution in [2.45, 2.75) is 39.7 Å². The van der Waals surface area contributed by atoms with Crippen molar-refractivity contribution in [3.05, 3.63) is 0 Å². The summed E-state index contributed by atoms with van der Waals surface area (Å²) in [6.45, 7) is 6.03. The first-order valence-electron chi connectivity index (χ1n) is 5.73. The second-order valence-electron chi connectivity index (χ2n) is 3.35. The first-order chi connectivity index (χ1) is 8.10. The Morgan fingerprint density at radius 1 is 1.00 bits per heavy atom. The average molecular weight is 248 g/mol. The van der Waals surface area contributed by atoms with Crippen LogP contribution < -0.4 is 0 Å². The topological polar surface area (TPSA) is 71.1 Å². The second-order valence-corrected chi connectivity index (χ2v) is 3.35.